The summed E-state index contributed by atoms with van der Waals surface area (Å²) in [5.74, 6) is 0.724. The van der Waals surface area contributed by atoms with Crippen LogP contribution in [0, 0.1) is 5.92 Å². The molecule has 2 aromatic carbocycles. The number of nitrogens with one attached hydrogen (secondary N) is 2. The van der Waals surface area contributed by atoms with Crippen molar-refractivity contribution in [1.82, 2.24) is 10.6 Å². The van der Waals surface area contributed by atoms with Crippen LogP contribution in [0.5, 0.6) is 0 Å². The van der Waals surface area contributed by atoms with E-state index < -0.39 is 0 Å². The van der Waals surface area contributed by atoms with Gasteiger partial charge in [0.25, 0.3) is 5.91 Å². The third-order valence-electron chi connectivity index (χ3n) is 5.09. The summed E-state index contributed by atoms with van der Waals surface area (Å²) in [6, 6.07) is 18.4. The molecule has 3 rings (SSSR count). The first kappa shape index (κ1) is 21.3. The lowest BCUT2D eigenvalue weighted by molar-refractivity contribution is 0.0951. The van der Waals surface area contributed by atoms with Gasteiger partial charge in [-0.15, -0.1) is 12.4 Å². The molecule has 0 spiro atoms. The normalized spacial score (nSPS) is 15.8. The smallest absolute Gasteiger partial charge is 0.251 e. The van der Waals surface area contributed by atoms with Gasteiger partial charge >= 0.3 is 0 Å². The molecular weight excluding hydrogens is 358 g/mol. The van der Waals surface area contributed by atoms with Gasteiger partial charge in [0.15, 0.2) is 0 Å². The minimum Gasteiger partial charge on any atom is -0.367 e. The van der Waals surface area contributed by atoms with Crippen LogP contribution in [0.1, 0.15) is 35.7 Å². The van der Waals surface area contributed by atoms with E-state index in [0.29, 0.717) is 5.92 Å². The first-order valence-electron chi connectivity index (χ1n) is 9.64. The molecule has 1 unspecified atom stereocenters. The maximum Gasteiger partial charge on any atom is 0.251 e. The van der Waals surface area contributed by atoms with Gasteiger partial charge in [0, 0.05) is 30.9 Å². The van der Waals surface area contributed by atoms with Crippen LogP contribution in [0.15, 0.2) is 54.6 Å². The van der Waals surface area contributed by atoms with Crippen LogP contribution in [-0.2, 0) is 6.54 Å². The fourth-order valence-corrected chi connectivity index (χ4v) is 3.47. The van der Waals surface area contributed by atoms with Crippen LogP contribution in [0.4, 0.5) is 5.69 Å². The minimum atomic E-state index is 0. The molecular formula is C22H30ClN3O. The second-order valence-corrected chi connectivity index (χ2v) is 6.95. The molecule has 1 aliphatic rings. The lowest BCUT2D eigenvalue weighted by Gasteiger charge is -2.23. The van der Waals surface area contributed by atoms with E-state index in [1.165, 1.54) is 12.0 Å². The highest BCUT2D eigenvalue weighted by Gasteiger charge is 2.14. The molecule has 1 amide bonds. The van der Waals surface area contributed by atoms with Crippen molar-refractivity contribution in [2.45, 2.75) is 26.3 Å². The van der Waals surface area contributed by atoms with E-state index in [2.05, 4.69) is 46.7 Å². The second-order valence-electron chi connectivity index (χ2n) is 6.95. The Morgan fingerprint density at radius 2 is 1.89 bits per heavy atom. The Balaban J connectivity index is 0.00000261. The maximum atomic E-state index is 12.3. The summed E-state index contributed by atoms with van der Waals surface area (Å²) >= 11 is 0. The van der Waals surface area contributed by atoms with E-state index in [0.717, 1.165) is 50.4 Å². The van der Waals surface area contributed by atoms with Crippen molar-refractivity contribution < 1.29 is 4.79 Å². The van der Waals surface area contributed by atoms with Gasteiger partial charge in [-0.05, 0) is 68.6 Å². The number of carbonyl (C=O) groups excluding carboxylic acids is 1. The number of hydrogen-bond acceptors (Lipinski definition) is 3. The molecule has 4 nitrogen and oxygen atoms in total. The summed E-state index contributed by atoms with van der Waals surface area (Å²) in [6.07, 6.45) is 2.27. The molecule has 1 heterocycles. The number of anilines is 1. The van der Waals surface area contributed by atoms with E-state index >= 15 is 0 Å². The monoisotopic (exact) mass is 387 g/mol. The lowest BCUT2D eigenvalue weighted by Crippen LogP contribution is -2.26. The summed E-state index contributed by atoms with van der Waals surface area (Å²) in [5, 5.41) is 6.41. The average molecular weight is 388 g/mol. The van der Waals surface area contributed by atoms with Crippen LogP contribution in [0.25, 0.3) is 0 Å². The SMILES string of the molecule is CCN(Cc1ccccc1)c1ccc(C(=O)NCCC2CCNC2)cc1.Cl. The molecule has 2 aromatic rings. The van der Waals surface area contributed by atoms with E-state index in [4.69, 9.17) is 0 Å². The van der Waals surface area contributed by atoms with E-state index in [1.807, 2.05) is 30.3 Å². The standard InChI is InChI=1S/C22H29N3O.ClH/c1-2-25(17-19-6-4-3-5-7-19)21-10-8-20(9-11-21)22(26)24-15-13-18-12-14-23-16-18;/h3-11,18,23H,2,12-17H2,1H3,(H,24,26);1H. The summed E-state index contributed by atoms with van der Waals surface area (Å²) in [6.45, 7) is 6.90. The van der Waals surface area contributed by atoms with Crippen molar-refractivity contribution in [2.24, 2.45) is 5.92 Å². The van der Waals surface area contributed by atoms with E-state index in [9.17, 15) is 4.79 Å². The predicted molar refractivity (Wildman–Crippen MR) is 115 cm³/mol. The summed E-state index contributed by atoms with van der Waals surface area (Å²) in [7, 11) is 0. The molecule has 1 fully saturated rings. The van der Waals surface area contributed by atoms with Gasteiger partial charge in [-0.25, -0.2) is 0 Å². The van der Waals surface area contributed by atoms with Crippen molar-refractivity contribution >= 4 is 24.0 Å². The third kappa shape index (κ3) is 6.26. The Morgan fingerprint density at radius 1 is 1.15 bits per heavy atom. The third-order valence-corrected chi connectivity index (χ3v) is 5.09. The minimum absolute atomic E-state index is 0. The molecule has 1 aliphatic heterocycles. The van der Waals surface area contributed by atoms with Crippen LogP contribution < -0.4 is 15.5 Å². The number of rotatable bonds is 8. The highest BCUT2D eigenvalue weighted by molar-refractivity contribution is 5.94. The average Bonchev–Trinajstić information content (AvgIpc) is 3.20. The zero-order chi connectivity index (χ0) is 18.2. The summed E-state index contributed by atoms with van der Waals surface area (Å²) in [5.41, 5.74) is 3.16. The quantitative estimate of drug-likeness (QED) is 0.722. The van der Waals surface area contributed by atoms with Gasteiger partial charge in [0.1, 0.15) is 0 Å². The predicted octanol–water partition coefficient (Wildman–Crippen LogP) is 3.86. The molecule has 0 saturated carbocycles. The molecule has 1 saturated heterocycles. The van der Waals surface area contributed by atoms with Gasteiger partial charge in [-0.3, -0.25) is 4.79 Å². The second kappa shape index (κ2) is 11.0. The molecule has 146 valence electrons. The van der Waals surface area contributed by atoms with E-state index in [1.54, 1.807) is 0 Å². The summed E-state index contributed by atoms with van der Waals surface area (Å²) in [4.78, 5) is 14.6. The Bertz CT molecular complexity index is 684. The van der Waals surface area contributed by atoms with Gasteiger partial charge in [0.2, 0.25) is 0 Å². The van der Waals surface area contributed by atoms with Gasteiger partial charge in [-0.1, -0.05) is 30.3 Å². The van der Waals surface area contributed by atoms with Crippen LogP contribution >= 0.6 is 12.4 Å². The number of carbonyl (C=O) groups is 1. The van der Waals surface area contributed by atoms with Crippen molar-refractivity contribution in [3.8, 4) is 0 Å². The molecule has 2 N–H and O–H groups in total. The van der Waals surface area contributed by atoms with Gasteiger partial charge in [0.05, 0.1) is 0 Å². The molecule has 5 heteroatoms. The fourth-order valence-electron chi connectivity index (χ4n) is 3.47. The Labute approximate surface area is 168 Å². The molecule has 1 atom stereocenters. The molecule has 27 heavy (non-hydrogen) atoms. The van der Waals surface area contributed by atoms with Gasteiger partial charge < -0.3 is 15.5 Å². The molecule has 0 bridgehead atoms. The zero-order valence-corrected chi connectivity index (χ0v) is 16.8. The van der Waals surface area contributed by atoms with Crippen molar-refractivity contribution in [3.05, 3.63) is 65.7 Å². The number of amides is 1. The van der Waals surface area contributed by atoms with Crippen LogP contribution in [-0.4, -0.2) is 32.1 Å². The highest BCUT2D eigenvalue weighted by atomic mass is 35.5. The van der Waals surface area contributed by atoms with Crippen molar-refractivity contribution in [3.63, 3.8) is 0 Å². The Kier molecular flexibility index (Phi) is 8.62. The van der Waals surface area contributed by atoms with Crippen LogP contribution in [0.2, 0.25) is 0 Å². The number of nitrogens with zero attached hydrogens (tertiary/aromatic N) is 1. The topological polar surface area (TPSA) is 44.4 Å². The van der Waals surface area contributed by atoms with Crippen molar-refractivity contribution in [1.29, 1.82) is 0 Å². The molecule has 0 aliphatic carbocycles. The number of benzene rings is 2. The highest BCUT2D eigenvalue weighted by Crippen LogP contribution is 2.18. The Hall–Kier alpha value is -2.04. The largest absolute Gasteiger partial charge is 0.367 e. The number of hydrogen-bond donors (Lipinski definition) is 2. The molecule has 0 aromatic heterocycles. The zero-order valence-electron chi connectivity index (χ0n) is 16.0. The van der Waals surface area contributed by atoms with Crippen LogP contribution in [0.3, 0.4) is 0 Å². The maximum absolute atomic E-state index is 12.3. The molecule has 0 radical (unpaired) electrons. The Morgan fingerprint density at radius 3 is 2.52 bits per heavy atom. The summed E-state index contributed by atoms with van der Waals surface area (Å²) < 4.78 is 0. The van der Waals surface area contributed by atoms with Crippen molar-refractivity contribution in [2.75, 3.05) is 31.1 Å². The first-order chi connectivity index (χ1) is 12.8. The first-order valence-corrected chi connectivity index (χ1v) is 9.64. The van der Waals surface area contributed by atoms with Gasteiger partial charge in [-0.2, -0.15) is 0 Å². The lowest BCUT2D eigenvalue weighted by atomic mass is 10.1. The number of halogens is 1. The fraction of sp³-hybridized carbons (Fsp3) is 0.409. The van der Waals surface area contributed by atoms with E-state index in [-0.39, 0.29) is 18.3 Å².